The van der Waals surface area contributed by atoms with E-state index in [4.69, 9.17) is 11.1 Å². The number of benzene rings is 1. The van der Waals surface area contributed by atoms with Gasteiger partial charge in [0.2, 0.25) is 0 Å². The van der Waals surface area contributed by atoms with Crippen molar-refractivity contribution < 1.29 is 0 Å². The number of hydrogen-bond donors (Lipinski definition) is 2. The van der Waals surface area contributed by atoms with E-state index in [1.54, 1.807) is 6.20 Å². The van der Waals surface area contributed by atoms with Crippen molar-refractivity contribution in [2.24, 2.45) is 5.73 Å². The highest BCUT2D eigenvalue weighted by Gasteiger charge is 2.12. The molecule has 5 nitrogen and oxygen atoms in total. The topological polar surface area (TPSA) is 78.9 Å². The van der Waals surface area contributed by atoms with Crippen molar-refractivity contribution in [3.63, 3.8) is 0 Å². The summed E-state index contributed by atoms with van der Waals surface area (Å²) in [4.78, 5) is 10.3. The molecule has 0 fully saturated rings. The zero-order valence-corrected chi connectivity index (χ0v) is 12.1. The fourth-order valence-corrected chi connectivity index (χ4v) is 2.23. The largest absolute Gasteiger partial charge is 0.382 e. The van der Waals surface area contributed by atoms with Gasteiger partial charge in [-0.25, -0.2) is 9.97 Å². The van der Waals surface area contributed by atoms with Gasteiger partial charge in [0.05, 0.1) is 0 Å². The number of anilines is 1. The summed E-state index contributed by atoms with van der Waals surface area (Å²) in [5.74, 6) is 0.527. The predicted molar refractivity (Wildman–Crippen MR) is 79.3 cm³/mol. The summed E-state index contributed by atoms with van der Waals surface area (Å²) >= 11 is 3.45. The molecule has 1 aromatic carbocycles. The molecule has 2 aromatic rings. The van der Waals surface area contributed by atoms with Gasteiger partial charge in [0.25, 0.3) is 0 Å². The molecule has 2 rings (SSSR count). The Kier molecular flexibility index (Phi) is 4.11. The third-order valence-corrected chi connectivity index (χ3v) is 3.10. The monoisotopic (exact) mass is 319 g/mol. The number of halogens is 1. The standard InChI is InChI=1S/C13H14BrN5/c1-19(8-9-3-2-4-10(14)7-9)13-11(12(15)16)17-5-6-18-13/h2-7H,8H2,1H3,(H3,15,16). The second-order valence-electron chi connectivity index (χ2n) is 4.13. The van der Waals surface area contributed by atoms with Crippen molar-refractivity contribution in [2.45, 2.75) is 6.54 Å². The normalized spacial score (nSPS) is 10.2. The molecular formula is C13H14BrN5. The van der Waals surface area contributed by atoms with Crippen LogP contribution in [-0.2, 0) is 6.54 Å². The Morgan fingerprint density at radius 3 is 2.79 bits per heavy atom. The van der Waals surface area contributed by atoms with E-state index in [0.29, 0.717) is 18.1 Å². The zero-order valence-electron chi connectivity index (χ0n) is 10.5. The lowest BCUT2D eigenvalue weighted by atomic mass is 10.2. The maximum Gasteiger partial charge on any atom is 0.158 e. The first-order chi connectivity index (χ1) is 9.08. The molecule has 19 heavy (non-hydrogen) atoms. The molecule has 0 radical (unpaired) electrons. The summed E-state index contributed by atoms with van der Waals surface area (Å²) in [7, 11) is 1.90. The molecule has 98 valence electrons. The number of nitrogens with two attached hydrogens (primary N) is 1. The average molecular weight is 320 g/mol. The Morgan fingerprint density at radius 2 is 2.11 bits per heavy atom. The highest BCUT2D eigenvalue weighted by Crippen LogP contribution is 2.18. The highest BCUT2D eigenvalue weighted by molar-refractivity contribution is 9.10. The molecule has 0 saturated carbocycles. The second-order valence-corrected chi connectivity index (χ2v) is 5.04. The summed E-state index contributed by atoms with van der Waals surface area (Å²) in [6.07, 6.45) is 3.13. The molecule has 3 N–H and O–H groups in total. The maximum atomic E-state index is 7.52. The average Bonchev–Trinajstić information content (AvgIpc) is 2.38. The van der Waals surface area contributed by atoms with Crippen LogP contribution in [0.1, 0.15) is 11.3 Å². The van der Waals surface area contributed by atoms with Gasteiger partial charge in [0.15, 0.2) is 5.82 Å². The molecule has 0 aliphatic heterocycles. The SMILES string of the molecule is CN(Cc1cccc(Br)c1)c1nccnc1C(=N)N. The smallest absolute Gasteiger partial charge is 0.158 e. The molecular weight excluding hydrogens is 306 g/mol. The fourth-order valence-electron chi connectivity index (χ4n) is 1.78. The number of nitrogens with one attached hydrogen (secondary N) is 1. The first kappa shape index (κ1) is 13.5. The lowest BCUT2D eigenvalue weighted by Gasteiger charge is -2.20. The molecule has 1 heterocycles. The predicted octanol–water partition coefficient (Wildman–Crippen LogP) is 2.16. The number of nitrogen functional groups attached to an aromatic ring is 1. The summed E-state index contributed by atoms with van der Waals surface area (Å²) in [5.41, 5.74) is 7.06. The molecule has 0 aliphatic carbocycles. The van der Waals surface area contributed by atoms with Crippen LogP contribution < -0.4 is 10.6 Å². The van der Waals surface area contributed by atoms with Crippen LogP contribution in [0.4, 0.5) is 5.82 Å². The molecule has 0 saturated heterocycles. The Hall–Kier alpha value is -1.95. The molecule has 0 aliphatic rings. The summed E-state index contributed by atoms with van der Waals surface area (Å²) in [6.45, 7) is 0.665. The van der Waals surface area contributed by atoms with Crippen LogP contribution in [0, 0.1) is 5.41 Å². The van der Waals surface area contributed by atoms with Crippen molar-refractivity contribution in [2.75, 3.05) is 11.9 Å². The first-order valence-electron chi connectivity index (χ1n) is 5.69. The van der Waals surface area contributed by atoms with Crippen molar-refractivity contribution in [3.8, 4) is 0 Å². The summed E-state index contributed by atoms with van der Waals surface area (Å²) < 4.78 is 1.03. The molecule has 0 amide bonds. The van der Waals surface area contributed by atoms with E-state index in [-0.39, 0.29) is 5.84 Å². The Balaban J connectivity index is 2.25. The summed E-state index contributed by atoms with van der Waals surface area (Å²) in [5, 5.41) is 7.52. The van der Waals surface area contributed by atoms with Crippen LogP contribution in [0.15, 0.2) is 41.1 Å². The van der Waals surface area contributed by atoms with Crippen LogP contribution >= 0.6 is 15.9 Å². The van der Waals surface area contributed by atoms with Crippen LogP contribution in [0.2, 0.25) is 0 Å². The van der Waals surface area contributed by atoms with E-state index in [9.17, 15) is 0 Å². The Bertz CT molecular complexity index is 599. The number of amidine groups is 1. The minimum absolute atomic E-state index is 0.0795. The van der Waals surface area contributed by atoms with Crippen molar-refractivity contribution in [1.29, 1.82) is 5.41 Å². The van der Waals surface area contributed by atoms with Crippen molar-refractivity contribution >= 4 is 27.6 Å². The third-order valence-electron chi connectivity index (χ3n) is 2.60. The van der Waals surface area contributed by atoms with E-state index in [1.165, 1.54) is 6.20 Å². The van der Waals surface area contributed by atoms with Gasteiger partial charge in [-0.05, 0) is 17.7 Å². The van der Waals surface area contributed by atoms with Crippen LogP contribution in [0.3, 0.4) is 0 Å². The summed E-state index contributed by atoms with van der Waals surface area (Å²) in [6, 6.07) is 8.04. The first-order valence-corrected chi connectivity index (χ1v) is 6.48. The fraction of sp³-hybridized carbons (Fsp3) is 0.154. The molecule has 6 heteroatoms. The van der Waals surface area contributed by atoms with Gasteiger partial charge < -0.3 is 10.6 Å². The van der Waals surface area contributed by atoms with Crippen molar-refractivity contribution in [1.82, 2.24) is 9.97 Å². The van der Waals surface area contributed by atoms with Gasteiger partial charge in [-0.3, -0.25) is 5.41 Å². The van der Waals surface area contributed by atoms with E-state index in [2.05, 4.69) is 25.9 Å². The van der Waals surface area contributed by atoms with Gasteiger partial charge in [-0.1, -0.05) is 28.1 Å². The van der Waals surface area contributed by atoms with Gasteiger partial charge in [0.1, 0.15) is 11.5 Å². The van der Waals surface area contributed by atoms with Crippen LogP contribution in [-0.4, -0.2) is 22.9 Å². The second kappa shape index (κ2) is 5.79. The van der Waals surface area contributed by atoms with Gasteiger partial charge in [-0.15, -0.1) is 0 Å². The van der Waals surface area contributed by atoms with E-state index in [0.717, 1.165) is 10.0 Å². The lowest BCUT2D eigenvalue weighted by molar-refractivity contribution is 0.885. The number of nitrogens with zero attached hydrogens (tertiary/aromatic N) is 3. The number of hydrogen-bond acceptors (Lipinski definition) is 4. The Morgan fingerprint density at radius 1 is 1.37 bits per heavy atom. The molecule has 0 unspecified atom stereocenters. The molecule has 1 aromatic heterocycles. The van der Waals surface area contributed by atoms with Crippen LogP contribution in [0.25, 0.3) is 0 Å². The minimum Gasteiger partial charge on any atom is -0.382 e. The van der Waals surface area contributed by atoms with Gasteiger partial charge >= 0.3 is 0 Å². The molecule has 0 bridgehead atoms. The van der Waals surface area contributed by atoms with Crippen LogP contribution in [0.5, 0.6) is 0 Å². The highest BCUT2D eigenvalue weighted by atomic mass is 79.9. The van der Waals surface area contributed by atoms with E-state index in [1.807, 2.05) is 36.2 Å². The number of rotatable bonds is 4. The molecule has 0 spiro atoms. The maximum absolute atomic E-state index is 7.52. The zero-order chi connectivity index (χ0) is 13.8. The number of aromatic nitrogens is 2. The van der Waals surface area contributed by atoms with E-state index < -0.39 is 0 Å². The quantitative estimate of drug-likeness (QED) is 0.668. The van der Waals surface area contributed by atoms with Crippen molar-refractivity contribution in [3.05, 3.63) is 52.4 Å². The Labute approximate surface area is 120 Å². The minimum atomic E-state index is -0.0795. The third kappa shape index (κ3) is 3.29. The molecule has 0 atom stereocenters. The lowest BCUT2D eigenvalue weighted by Crippen LogP contribution is -2.24. The van der Waals surface area contributed by atoms with E-state index >= 15 is 0 Å². The van der Waals surface area contributed by atoms with Gasteiger partial charge in [0, 0.05) is 30.5 Å². The van der Waals surface area contributed by atoms with Gasteiger partial charge in [-0.2, -0.15) is 0 Å².